The summed E-state index contributed by atoms with van der Waals surface area (Å²) in [7, 11) is 0. The Morgan fingerprint density at radius 2 is 1.79 bits per heavy atom. The predicted octanol–water partition coefficient (Wildman–Crippen LogP) is 2.59. The molecule has 0 unspecified atom stereocenters. The van der Waals surface area contributed by atoms with E-state index in [0.29, 0.717) is 41.9 Å². The first-order valence-corrected chi connectivity index (χ1v) is 10.8. The van der Waals surface area contributed by atoms with E-state index in [0.717, 1.165) is 24.5 Å². The quantitative estimate of drug-likeness (QED) is 0.450. The monoisotopic (exact) mass is 457 g/mol. The van der Waals surface area contributed by atoms with Gasteiger partial charge in [-0.15, -0.1) is 5.10 Å². The number of hydrogen-bond acceptors (Lipinski definition) is 9. The molecule has 34 heavy (non-hydrogen) atoms. The van der Waals surface area contributed by atoms with Gasteiger partial charge in [-0.25, -0.2) is 9.67 Å². The van der Waals surface area contributed by atoms with Crippen LogP contribution in [0.15, 0.2) is 60.9 Å². The minimum Gasteiger partial charge on any atom is -0.378 e. The van der Waals surface area contributed by atoms with Gasteiger partial charge in [-0.3, -0.25) is 4.79 Å². The molecule has 0 saturated carbocycles. The zero-order valence-corrected chi connectivity index (χ0v) is 18.5. The van der Waals surface area contributed by atoms with E-state index in [1.807, 2.05) is 43.3 Å². The maximum atomic E-state index is 12.7. The molecule has 0 bridgehead atoms. The third kappa shape index (κ3) is 4.99. The van der Waals surface area contributed by atoms with Crippen LogP contribution in [0.3, 0.4) is 0 Å². The fourth-order valence-electron chi connectivity index (χ4n) is 3.58. The van der Waals surface area contributed by atoms with Gasteiger partial charge in [0, 0.05) is 41.8 Å². The van der Waals surface area contributed by atoms with E-state index in [9.17, 15) is 4.79 Å². The van der Waals surface area contributed by atoms with Gasteiger partial charge < -0.3 is 20.3 Å². The Kier molecular flexibility index (Phi) is 6.08. The zero-order valence-electron chi connectivity index (χ0n) is 18.5. The molecule has 11 nitrogen and oxygen atoms in total. The van der Waals surface area contributed by atoms with Crippen LogP contribution < -0.4 is 15.5 Å². The van der Waals surface area contributed by atoms with E-state index >= 15 is 0 Å². The molecule has 11 heteroatoms. The second kappa shape index (κ2) is 9.63. The molecular weight excluding hydrogens is 434 g/mol. The Morgan fingerprint density at radius 3 is 2.56 bits per heavy atom. The molecule has 1 aliphatic rings. The first-order chi connectivity index (χ1) is 16.6. The summed E-state index contributed by atoms with van der Waals surface area (Å²) in [5.41, 5.74) is 3.61. The van der Waals surface area contributed by atoms with Gasteiger partial charge in [-0.05, 0) is 59.8 Å². The van der Waals surface area contributed by atoms with E-state index in [2.05, 4.69) is 41.0 Å². The third-order valence-corrected chi connectivity index (χ3v) is 5.27. The summed E-state index contributed by atoms with van der Waals surface area (Å²) in [6, 6.07) is 16.4. The van der Waals surface area contributed by atoms with Crippen molar-refractivity contribution >= 4 is 29.0 Å². The lowest BCUT2D eigenvalue weighted by molar-refractivity contribution is 0.102. The van der Waals surface area contributed by atoms with Gasteiger partial charge in [-0.2, -0.15) is 4.98 Å². The van der Waals surface area contributed by atoms with Gasteiger partial charge in [0.1, 0.15) is 12.1 Å². The topological polar surface area (TPSA) is 123 Å². The van der Waals surface area contributed by atoms with Crippen molar-refractivity contribution in [2.45, 2.75) is 6.92 Å². The second-order valence-electron chi connectivity index (χ2n) is 7.76. The van der Waals surface area contributed by atoms with Crippen molar-refractivity contribution in [1.82, 2.24) is 30.2 Å². The van der Waals surface area contributed by atoms with Gasteiger partial charge in [0.25, 0.3) is 5.91 Å². The average Bonchev–Trinajstić information content (AvgIpc) is 3.41. The third-order valence-electron chi connectivity index (χ3n) is 5.27. The normalized spacial score (nSPS) is 13.5. The number of benzene rings is 2. The number of carbonyl (C=O) groups is 1. The van der Waals surface area contributed by atoms with E-state index in [4.69, 9.17) is 4.74 Å². The van der Waals surface area contributed by atoms with Crippen LogP contribution in [-0.2, 0) is 4.74 Å². The second-order valence-corrected chi connectivity index (χ2v) is 7.76. The SMILES string of the molecule is Cc1cc(Nc2ccc(NC(=O)c3cccc(-n4cnnn4)c3)cc2)nc(N2CCOCC2)n1. The Hall–Kier alpha value is -4.38. The van der Waals surface area contributed by atoms with Crippen molar-refractivity contribution in [2.24, 2.45) is 0 Å². The first kappa shape index (κ1) is 21.5. The highest BCUT2D eigenvalue weighted by atomic mass is 16.5. The van der Waals surface area contributed by atoms with Crippen molar-refractivity contribution in [3.8, 4) is 5.69 Å². The van der Waals surface area contributed by atoms with Gasteiger partial charge >= 0.3 is 0 Å². The van der Waals surface area contributed by atoms with Crippen LogP contribution in [0.2, 0.25) is 0 Å². The molecule has 0 spiro atoms. The molecule has 1 fully saturated rings. The molecule has 1 amide bonds. The minimum atomic E-state index is -0.225. The summed E-state index contributed by atoms with van der Waals surface area (Å²) in [5.74, 6) is 1.18. The summed E-state index contributed by atoms with van der Waals surface area (Å²) in [6.07, 6.45) is 1.48. The fraction of sp³-hybridized carbons (Fsp3) is 0.217. The van der Waals surface area contributed by atoms with Gasteiger partial charge in [-0.1, -0.05) is 6.07 Å². The number of tetrazole rings is 1. The summed E-state index contributed by atoms with van der Waals surface area (Å²) < 4.78 is 6.91. The summed E-state index contributed by atoms with van der Waals surface area (Å²) in [5, 5.41) is 17.3. The standard InChI is InChI=1S/C23H23N9O2/c1-16-13-21(28-23(25-16)31-9-11-34-12-10-31)26-18-5-7-19(8-6-18)27-22(33)17-3-2-4-20(14-17)32-15-24-29-30-32/h2-8,13-15H,9-12H2,1H3,(H,27,33)(H,25,26,28). The number of nitrogens with one attached hydrogen (secondary N) is 2. The number of hydrogen-bond donors (Lipinski definition) is 2. The number of nitrogens with zero attached hydrogens (tertiary/aromatic N) is 7. The average molecular weight is 457 g/mol. The van der Waals surface area contributed by atoms with Crippen molar-refractivity contribution in [2.75, 3.05) is 41.8 Å². The molecule has 3 heterocycles. The molecule has 1 aliphatic heterocycles. The van der Waals surface area contributed by atoms with Crippen LogP contribution in [0.25, 0.3) is 5.69 Å². The molecule has 0 atom stereocenters. The molecule has 172 valence electrons. The van der Waals surface area contributed by atoms with Crippen LogP contribution in [0.4, 0.5) is 23.1 Å². The number of morpholine rings is 1. The maximum absolute atomic E-state index is 12.7. The Labute approximate surface area is 195 Å². The lowest BCUT2D eigenvalue weighted by Crippen LogP contribution is -2.37. The highest BCUT2D eigenvalue weighted by Gasteiger charge is 2.15. The van der Waals surface area contributed by atoms with E-state index < -0.39 is 0 Å². The molecule has 2 N–H and O–H groups in total. The molecule has 5 rings (SSSR count). The van der Waals surface area contributed by atoms with E-state index in [-0.39, 0.29) is 5.91 Å². The van der Waals surface area contributed by atoms with Gasteiger partial charge in [0.15, 0.2) is 0 Å². The molecule has 0 radical (unpaired) electrons. The Balaban J connectivity index is 1.25. The minimum absolute atomic E-state index is 0.225. The van der Waals surface area contributed by atoms with Crippen LogP contribution >= 0.6 is 0 Å². The Bertz CT molecular complexity index is 1270. The summed E-state index contributed by atoms with van der Waals surface area (Å²) in [6.45, 7) is 4.85. The Morgan fingerprint density at radius 1 is 1.00 bits per heavy atom. The number of ether oxygens (including phenoxy) is 1. The first-order valence-electron chi connectivity index (χ1n) is 10.8. The molecule has 2 aromatic heterocycles. The van der Waals surface area contributed by atoms with Crippen LogP contribution in [0, 0.1) is 6.92 Å². The largest absolute Gasteiger partial charge is 0.378 e. The number of aryl methyl sites for hydroxylation is 1. The van der Waals surface area contributed by atoms with Gasteiger partial charge in [0.05, 0.1) is 18.9 Å². The van der Waals surface area contributed by atoms with Crippen LogP contribution in [-0.4, -0.2) is 62.4 Å². The number of rotatable bonds is 6. The summed E-state index contributed by atoms with van der Waals surface area (Å²) >= 11 is 0. The smallest absolute Gasteiger partial charge is 0.255 e. The number of aromatic nitrogens is 6. The van der Waals surface area contributed by atoms with Crippen LogP contribution in [0.1, 0.15) is 16.1 Å². The fourth-order valence-corrected chi connectivity index (χ4v) is 3.58. The zero-order chi connectivity index (χ0) is 23.3. The predicted molar refractivity (Wildman–Crippen MR) is 127 cm³/mol. The van der Waals surface area contributed by atoms with Crippen molar-refractivity contribution in [3.05, 3.63) is 72.2 Å². The molecule has 1 saturated heterocycles. The number of anilines is 4. The van der Waals surface area contributed by atoms with Crippen molar-refractivity contribution in [3.63, 3.8) is 0 Å². The molecule has 2 aromatic carbocycles. The van der Waals surface area contributed by atoms with Crippen molar-refractivity contribution in [1.29, 1.82) is 0 Å². The molecule has 4 aromatic rings. The highest BCUT2D eigenvalue weighted by molar-refractivity contribution is 6.04. The summed E-state index contributed by atoms with van der Waals surface area (Å²) in [4.78, 5) is 24.1. The van der Waals surface area contributed by atoms with Gasteiger partial charge in [0.2, 0.25) is 5.95 Å². The molecular formula is C23H23N9O2. The van der Waals surface area contributed by atoms with Crippen molar-refractivity contribution < 1.29 is 9.53 Å². The van der Waals surface area contributed by atoms with Crippen LogP contribution in [0.5, 0.6) is 0 Å². The molecule has 0 aliphatic carbocycles. The van der Waals surface area contributed by atoms with E-state index in [1.165, 1.54) is 11.0 Å². The highest BCUT2D eigenvalue weighted by Crippen LogP contribution is 2.21. The number of amides is 1. The van der Waals surface area contributed by atoms with E-state index in [1.54, 1.807) is 18.2 Å². The number of carbonyl (C=O) groups excluding carboxylic acids is 1. The lowest BCUT2D eigenvalue weighted by Gasteiger charge is -2.27. The lowest BCUT2D eigenvalue weighted by atomic mass is 10.2. The maximum Gasteiger partial charge on any atom is 0.255 e.